The van der Waals surface area contributed by atoms with Crippen molar-refractivity contribution in [1.82, 2.24) is 20.1 Å². The molecule has 178 valence electrons. The van der Waals surface area contributed by atoms with Crippen LogP contribution in [0.4, 0.5) is 6.01 Å². The molecule has 1 amide bonds. The number of nitrogens with zero attached hydrogens (tertiary/aromatic N) is 4. The van der Waals surface area contributed by atoms with Crippen LogP contribution in [0.5, 0.6) is 0 Å². The number of hydrogen-bond acceptors (Lipinski definition) is 6. The number of nitrogens with one attached hydrogen (secondary N) is 1. The minimum Gasteiger partial charge on any atom is -0.423 e. The van der Waals surface area contributed by atoms with Crippen LogP contribution in [0, 0.1) is 5.92 Å². The number of benzene rings is 1. The second-order valence-corrected chi connectivity index (χ2v) is 10.9. The number of para-hydroxylation sites is 1. The first-order valence-electron chi connectivity index (χ1n) is 13.0. The summed E-state index contributed by atoms with van der Waals surface area (Å²) in [6, 6.07) is 8.15. The van der Waals surface area contributed by atoms with E-state index in [2.05, 4.69) is 34.0 Å². The zero-order valence-electron chi connectivity index (χ0n) is 20.0. The third-order valence-electron chi connectivity index (χ3n) is 8.50. The molecule has 33 heavy (non-hydrogen) atoms. The summed E-state index contributed by atoms with van der Waals surface area (Å²) in [6.45, 7) is 6.49. The smallest absolute Gasteiger partial charge is 0.298 e. The number of carbonyl (C=O) groups excluding carboxylic acids is 1. The van der Waals surface area contributed by atoms with Crippen LogP contribution in [0.2, 0.25) is 0 Å². The van der Waals surface area contributed by atoms with Gasteiger partial charge in [-0.05, 0) is 70.5 Å². The average Bonchev–Trinajstić information content (AvgIpc) is 3.48. The van der Waals surface area contributed by atoms with Gasteiger partial charge >= 0.3 is 0 Å². The fourth-order valence-electron chi connectivity index (χ4n) is 6.39. The molecule has 3 aliphatic heterocycles. The van der Waals surface area contributed by atoms with E-state index in [1.807, 2.05) is 18.2 Å². The minimum absolute atomic E-state index is 0.0182. The molecule has 7 nitrogen and oxygen atoms in total. The molecule has 0 spiro atoms. The van der Waals surface area contributed by atoms with Crippen LogP contribution in [0.3, 0.4) is 0 Å². The van der Waals surface area contributed by atoms with Gasteiger partial charge < -0.3 is 19.5 Å². The Bertz CT molecular complexity index is 1000. The molecule has 4 aliphatic rings. The van der Waals surface area contributed by atoms with Crippen molar-refractivity contribution < 1.29 is 9.21 Å². The maximum atomic E-state index is 13.3. The molecular formula is C26H37N5O2. The number of aromatic nitrogens is 1. The number of anilines is 1. The van der Waals surface area contributed by atoms with E-state index in [0.29, 0.717) is 40.8 Å². The van der Waals surface area contributed by atoms with Crippen LogP contribution in [0.25, 0.3) is 11.1 Å². The summed E-state index contributed by atoms with van der Waals surface area (Å²) >= 11 is 0. The van der Waals surface area contributed by atoms with Gasteiger partial charge in [-0.1, -0.05) is 12.5 Å². The van der Waals surface area contributed by atoms with Crippen molar-refractivity contribution in [2.75, 3.05) is 38.1 Å². The molecule has 1 N–H and O–H groups in total. The van der Waals surface area contributed by atoms with E-state index in [9.17, 15) is 4.79 Å². The number of amides is 1. The first-order valence-corrected chi connectivity index (χ1v) is 13.0. The van der Waals surface area contributed by atoms with Crippen LogP contribution < -0.4 is 10.2 Å². The molecule has 4 fully saturated rings. The summed E-state index contributed by atoms with van der Waals surface area (Å²) in [5, 5.41) is 3.34. The Labute approximate surface area is 196 Å². The van der Waals surface area contributed by atoms with Gasteiger partial charge in [-0.15, -0.1) is 0 Å². The fourth-order valence-corrected chi connectivity index (χ4v) is 6.39. The van der Waals surface area contributed by atoms with Crippen molar-refractivity contribution in [3.63, 3.8) is 0 Å². The van der Waals surface area contributed by atoms with Gasteiger partial charge in [0.15, 0.2) is 5.58 Å². The number of fused-ring (bicyclic) bond motifs is 3. The van der Waals surface area contributed by atoms with E-state index in [4.69, 9.17) is 9.40 Å². The standard InChI is InChI=1S/C26H37N5O2/c1-17-15-30(16-18-9-10-18)11-12-31(17)26-28-24-22(7-4-8-23(24)33-26)25(32)27-19-13-20-5-3-6-21(14-19)29(20)2/h4,7-8,17-21H,3,5-6,9-16H2,1-2H3,(H,27,32)/t17-,19?,20?,21?/m0/s1. The highest BCUT2D eigenvalue weighted by Gasteiger charge is 2.37. The number of piperidine rings is 2. The Balaban J connectivity index is 1.17. The molecule has 1 aromatic carbocycles. The maximum Gasteiger partial charge on any atom is 0.298 e. The summed E-state index contributed by atoms with van der Waals surface area (Å²) in [5.74, 6) is 0.897. The molecule has 3 atom stereocenters. The van der Waals surface area contributed by atoms with Crippen molar-refractivity contribution in [2.24, 2.45) is 5.92 Å². The number of carbonyl (C=O) groups is 1. The highest BCUT2D eigenvalue weighted by Crippen LogP contribution is 2.34. The lowest BCUT2D eigenvalue weighted by molar-refractivity contribution is 0.0463. The Morgan fingerprint density at radius 3 is 2.67 bits per heavy atom. The lowest BCUT2D eigenvalue weighted by atomic mass is 9.82. The Morgan fingerprint density at radius 2 is 1.94 bits per heavy atom. The van der Waals surface area contributed by atoms with Crippen molar-refractivity contribution in [1.29, 1.82) is 0 Å². The van der Waals surface area contributed by atoms with Crippen LogP contribution in [0.1, 0.15) is 62.2 Å². The fraction of sp³-hybridized carbons (Fsp3) is 0.692. The first-order chi connectivity index (χ1) is 16.0. The van der Waals surface area contributed by atoms with E-state index in [0.717, 1.165) is 38.4 Å². The SMILES string of the molecule is C[C@H]1CN(CC2CC2)CCN1c1nc2c(C(=O)NC3CC4CCCC(C3)N4C)cccc2o1. The topological polar surface area (TPSA) is 64.8 Å². The number of oxazole rings is 1. The molecule has 2 unspecified atom stereocenters. The molecule has 1 aromatic heterocycles. The summed E-state index contributed by atoms with van der Waals surface area (Å²) in [5.41, 5.74) is 2.02. The van der Waals surface area contributed by atoms with Crippen molar-refractivity contribution in [2.45, 2.75) is 76.0 Å². The van der Waals surface area contributed by atoms with Gasteiger partial charge in [-0.25, -0.2) is 0 Å². The summed E-state index contributed by atoms with van der Waals surface area (Å²) in [4.78, 5) is 25.5. The van der Waals surface area contributed by atoms with Gasteiger partial charge in [-0.3, -0.25) is 9.69 Å². The molecule has 7 heteroatoms. The molecule has 3 saturated heterocycles. The van der Waals surface area contributed by atoms with E-state index in [1.165, 1.54) is 38.6 Å². The highest BCUT2D eigenvalue weighted by atomic mass is 16.4. The van der Waals surface area contributed by atoms with Gasteiger partial charge in [0.05, 0.1) is 5.56 Å². The van der Waals surface area contributed by atoms with Crippen LogP contribution in [0.15, 0.2) is 22.6 Å². The summed E-state index contributed by atoms with van der Waals surface area (Å²) < 4.78 is 6.17. The number of hydrogen-bond donors (Lipinski definition) is 1. The highest BCUT2D eigenvalue weighted by molar-refractivity contribution is 6.04. The molecule has 1 aliphatic carbocycles. The monoisotopic (exact) mass is 451 g/mol. The van der Waals surface area contributed by atoms with E-state index in [1.54, 1.807) is 0 Å². The van der Waals surface area contributed by atoms with Crippen molar-refractivity contribution >= 4 is 23.0 Å². The third kappa shape index (κ3) is 4.26. The quantitative estimate of drug-likeness (QED) is 0.751. The predicted octanol–water partition coefficient (Wildman–Crippen LogP) is 3.49. The van der Waals surface area contributed by atoms with Gasteiger partial charge in [0.1, 0.15) is 5.52 Å². The Hall–Kier alpha value is -2.12. The third-order valence-corrected chi connectivity index (χ3v) is 8.50. The van der Waals surface area contributed by atoms with Crippen LogP contribution in [-0.4, -0.2) is 78.1 Å². The molecular weight excluding hydrogens is 414 g/mol. The van der Waals surface area contributed by atoms with E-state index >= 15 is 0 Å². The minimum atomic E-state index is -0.0182. The van der Waals surface area contributed by atoms with E-state index in [-0.39, 0.29) is 11.9 Å². The van der Waals surface area contributed by atoms with Crippen molar-refractivity contribution in [3.05, 3.63) is 23.8 Å². The molecule has 0 radical (unpaired) electrons. The lowest BCUT2D eigenvalue weighted by Gasteiger charge is -2.47. The predicted molar refractivity (Wildman–Crippen MR) is 130 cm³/mol. The largest absolute Gasteiger partial charge is 0.423 e. The van der Waals surface area contributed by atoms with E-state index < -0.39 is 0 Å². The molecule has 4 heterocycles. The van der Waals surface area contributed by atoms with Gasteiger partial charge in [0.2, 0.25) is 0 Å². The second-order valence-electron chi connectivity index (χ2n) is 10.9. The second kappa shape index (κ2) is 8.58. The molecule has 2 aromatic rings. The summed E-state index contributed by atoms with van der Waals surface area (Å²) in [7, 11) is 2.25. The Morgan fingerprint density at radius 1 is 1.15 bits per heavy atom. The van der Waals surface area contributed by atoms with Crippen LogP contribution >= 0.6 is 0 Å². The van der Waals surface area contributed by atoms with Gasteiger partial charge in [-0.2, -0.15) is 4.98 Å². The summed E-state index contributed by atoms with van der Waals surface area (Å²) in [6.07, 6.45) is 8.67. The average molecular weight is 452 g/mol. The first kappa shape index (κ1) is 21.4. The van der Waals surface area contributed by atoms with Crippen molar-refractivity contribution in [3.8, 4) is 0 Å². The Kier molecular flexibility index (Phi) is 5.57. The number of piperazine rings is 1. The molecule has 2 bridgehead atoms. The normalized spacial score (nSPS) is 31.2. The van der Waals surface area contributed by atoms with Gasteiger partial charge in [0.25, 0.3) is 11.9 Å². The van der Waals surface area contributed by atoms with Crippen LogP contribution in [-0.2, 0) is 0 Å². The zero-order chi connectivity index (χ0) is 22.5. The lowest BCUT2D eigenvalue weighted by Crippen LogP contribution is -2.55. The molecule has 6 rings (SSSR count). The molecule has 1 saturated carbocycles. The maximum absolute atomic E-state index is 13.3. The van der Waals surface area contributed by atoms with Gasteiger partial charge in [0, 0.05) is 50.3 Å². The zero-order valence-corrected chi connectivity index (χ0v) is 20.0. The number of rotatable bonds is 5.